The van der Waals surface area contributed by atoms with Crippen molar-refractivity contribution < 1.29 is 4.74 Å². The average Bonchev–Trinajstić information content (AvgIpc) is 3.11. The van der Waals surface area contributed by atoms with Crippen molar-refractivity contribution >= 4 is 27.5 Å². The van der Waals surface area contributed by atoms with Crippen LogP contribution in [0.5, 0.6) is 0 Å². The van der Waals surface area contributed by atoms with Crippen molar-refractivity contribution in [1.29, 1.82) is 0 Å². The van der Waals surface area contributed by atoms with Crippen LogP contribution in [-0.2, 0) is 4.74 Å². The Labute approximate surface area is 131 Å². The fourth-order valence-electron chi connectivity index (χ4n) is 3.16. The molecule has 0 radical (unpaired) electrons. The summed E-state index contributed by atoms with van der Waals surface area (Å²) in [5.74, 6) is 0.647. The number of halogens is 1. The Bertz CT molecular complexity index is 645. The van der Waals surface area contributed by atoms with Crippen molar-refractivity contribution in [2.75, 3.05) is 31.6 Å². The van der Waals surface area contributed by atoms with E-state index < -0.39 is 0 Å². The molecule has 2 aromatic heterocycles. The number of nitrogens with one attached hydrogen (secondary N) is 1. The number of aromatic nitrogens is 3. The second-order valence-electron chi connectivity index (χ2n) is 5.69. The summed E-state index contributed by atoms with van der Waals surface area (Å²) in [6, 6.07) is 4.55. The molecule has 0 bridgehead atoms. The van der Waals surface area contributed by atoms with Crippen LogP contribution in [0.15, 0.2) is 22.8 Å². The normalized spacial score (nSPS) is 26.1. The Balaban J connectivity index is 1.40. The summed E-state index contributed by atoms with van der Waals surface area (Å²) in [6.45, 7) is 3.83. The molecular formula is C14H18BrN5O. The Morgan fingerprint density at radius 1 is 1.48 bits per heavy atom. The molecular weight excluding hydrogens is 334 g/mol. The van der Waals surface area contributed by atoms with Crippen LogP contribution in [-0.4, -0.2) is 57.9 Å². The third-order valence-electron chi connectivity index (χ3n) is 4.26. The molecule has 2 aliphatic heterocycles. The number of morpholine rings is 1. The van der Waals surface area contributed by atoms with E-state index in [0.717, 1.165) is 29.8 Å². The molecule has 0 saturated carbocycles. The van der Waals surface area contributed by atoms with Gasteiger partial charge < -0.3 is 10.1 Å². The number of anilines is 1. The van der Waals surface area contributed by atoms with Gasteiger partial charge in [0.1, 0.15) is 0 Å². The van der Waals surface area contributed by atoms with Gasteiger partial charge in [-0.3, -0.25) is 4.90 Å². The van der Waals surface area contributed by atoms with E-state index in [0.29, 0.717) is 12.0 Å². The first-order valence-corrected chi connectivity index (χ1v) is 8.19. The SMILES string of the molecule is Brc1cccn2nc(NCC3CN4CCCC4CO3)nc12. The van der Waals surface area contributed by atoms with Crippen molar-refractivity contribution in [3.05, 3.63) is 22.8 Å². The molecule has 2 aromatic rings. The lowest BCUT2D eigenvalue weighted by molar-refractivity contribution is -0.0416. The maximum Gasteiger partial charge on any atom is 0.243 e. The number of rotatable bonds is 3. The zero-order valence-corrected chi connectivity index (χ0v) is 13.3. The maximum atomic E-state index is 5.94. The van der Waals surface area contributed by atoms with Crippen LogP contribution in [0.2, 0.25) is 0 Å². The first-order valence-electron chi connectivity index (χ1n) is 7.40. The minimum Gasteiger partial charge on any atom is -0.373 e. The highest BCUT2D eigenvalue weighted by molar-refractivity contribution is 9.10. The van der Waals surface area contributed by atoms with Crippen LogP contribution in [0.25, 0.3) is 5.65 Å². The number of nitrogens with zero attached hydrogens (tertiary/aromatic N) is 4. The number of pyridine rings is 1. The first-order chi connectivity index (χ1) is 10.3. The van der Waals surface area contributed by atoms with Crippen LogP contribution in [0, 0.1) is 0 Å². The van der Waals surface area contributed by atoms with Crippen molar-refractivity contribution in [1.82, 2.24) is 19.5 Å². The summed E-state index contributed by atoms with van der Waals surface area (Å²) >= 11 is 3.49. The molecule has 4 rings (SSSR count). The monoisotopic (exact) mass is 351 g/mol. The smallest absolute Gasteiger partial charge is 0.243 e. The quantitative estimate of drug-likeness (QED) is 0.913. The molecule has 7 heteroatoms. The number of hydrogen-bond acceptors (Lipinski definition) is 5. The molecule has 1 N–H and O–H groups in total. The summed E-state index contributed by atoms with van der Waals surface area (Å²) < 4.78 is 8.65. The van der Waals surface area contributed by atoms with E-state index in [1.807, 2.05) is 18.3 Å². The van der Waals surface area contributed by atoms with Gasteiger partial charge in [-0.15, -0.1) is 5.10 Å². The van der Waals surface area contributed by atoms with Crippen LogP contribution < -0.4 is 5.32 Å². The fourth-order valence-corrected chi connectivity index (χ4v) is 3.59. The van der Waals surface area contributed by atoms with Crippen molar-refractivity contribution in [3.63, 3.8) is 0 Å². The Morgan fingerprint density at radius 3 is 3.33 bits per heavy atom. The van der Waals surface area contributed by atoms with E-state index in [1.54, 1.807) is 4.52 Å². The largest absolute Gasteiger partial charge is 0.373 e. The van der Waals surface area contributed by atoms with Crippen LogP contribution >= 0.6 is 15.9 Å². The average molecular weight is 352 g/mol. The van der Waals surface area contributed by atoms with E-state index in [-0.39, 0.29) is 6.10 Å². The molecule has 0 spiro atoms. The van der Waals surface area contributed by atoms with E-state index in [9.17, 15) is 0 Å². The fraction of sp³-hybridized carbons (Fsp3) is 0.571. The Morgan fingerprint density at radius 2 is 2.43 bits per heavy atom. The van der Waals surface area contributed by atoms with Gasteiger partial charge in [0.15, 0.2) is 5.65 Å². The molecule has 2 fully saturated rings. The van der Waals surface area contributed by atoms with Crippen LogP contribution in [0.3, 0.4) is 0 Å². The molecule has 2 saturated heterocycles. The predicted molar refractivity (Wildman–Crippen MR) is 83.5 cm³/mol. The number of hydrogen-bond donors (Lipinski definition) is 1. The van der Waals surface area contributed by atoms with Gasteiger partial charge in [-0.25, -0.2) is 4.52 Å². The molecule has 0 aliphatic carbocycles. The molecule has 2 aliphatic rings. The Hall–Kier alpha value is -1.18. The molecule has 112 valence electrons. The van der Waals surface area contributed by atoms with E-state index >= 15 is 0 Å². The highest BCUT2D eigenvalue weighted by Crippen LogP contribution is 2.23. The van der Waals surface area contributed by atoms with Crippen molar-refractivity contribution in [3.8, 4) is 0 Å². The van der Waals surface area contributed by atoms with Gasteiger partial charge >= 0.3 is 0 Å². The standard InChI is InChI=1S/C14H18BrN5O/c15-12-4-2-6-20-13(12)17-14(18-20)16-7-11-8-19-5-1-3-10(19)9-21-11/h2,4,6,10-11H,1,3,5,7-9H2,(H,16,18). The van der Waals surface area contributed by atoms with E-state index in [1.165, 1.54) is 19.4 Å². The zero-order valence-electron chi connectivity index (χ0n) is 11.7. The molecule has 0 amide bonds. The third kappa shape index (κ3) is 2.65. The molecule has 0 aromatic carbocycles. The van der Waals surface area contributed by atoms with Gasteiger partial charge in [-0.2, -0.15) is 4.98 Å². The number of fused-ring (bicyclic) bond motifs is 2. The first kappa shape index (κ1) is 13.5. The Kier molecular flexibility index (Phi) is 3.56. The minimum atomic E-state index is 0.217. The second kappa shape index (κ2) is 5.55. The molecule has 4 heterocycles. The third-order valence-corrected chi connectivity index (χ3v) is 4.88. The molecule has 6 nitrogen and oxygen atoms in total. The lowest BCUT2D eigenvalue weighted by atomic mass is 10.2. The lowest BCUT2D eigenvalue weighted by Crippen LogP contribution is -2.48. The summed E-state index contributed by atoms with van der Waals surface area (Å²) in [5.41, 5.74) is 0.823. The lowest BCUT2D eigenvalue weighted by Gasteiger charge is -2.35. The van der Waals surface area contributed by atoms with Gasteiger partial charge in [0.25, 0.3) is 0 Å². The molecule has 2 atom stereocenters. The topological polar surface area (TPSA) is 54.7 Å². The predicted octanol–water partition coefficient (Wildman–Crippen LogP) is 1.77. The van der Waals surface area contributed by atoms with Gasteiger partial charge in [0.05, 0.1) is 17.2 Å². The van der Waals surface area contributed by atoms with Crippen LogP contribution in [0.1, 0.15) is 12.8 Å². The van der Waals surface area contributed by atoms with Gasteiger partial charge in [-0.05, 0) is 47.4 Å². The van der Waals surface area contributed by atoms with Gasteiger partial charge in [0, 0.05) is 25.3 Å². The van der Waals surface area contributed by atoms with E-state index in [4.69, 9.17) is 4.74 Å². The highest BCUT2D eigenvalue weighted by atomic mass is 79.9. The summed E-state index contributed by atoms with van der Waals surface area (Å²) in [5, 5.41) is 7.72. The van der Waals surface area contributed by atoms with Gasteiger partial charge in [0.2, 0.25) is 5.95 Å². The van der Waals surface area contributed by atoms with Crippen molar-refractivity contribution in [2.45, 2.75) is 25.0 Å². The number of ether oxygens (including phenoxy) is 1. The summed E-state index contributed by atoms with van der Waals surface area (Å²) in [7, 11) is 0. The molecule has 2 unspecified atom stereocenters. The second-order valence-corrected chi connectivity index (χ2v) is 6.54. The van der Waals surface area contributed by atoms with E-state index in [2.05, 4.69) is 36.2 Å². The summed E-state index contributed by atoms with van der Waals surface area (Å²) in [4.78, 5) is 7.03. The summed E-state index contributed by atoms with van der Waals surface area (Å²) in [6.07, 6.45) is 4.69. The minimum absolute atomic E-state index is 0.217. The highest BCUT2D eigenvalue weighted by Gasteiger charge is 2.32. The van der Waals surface area contributed by atoms with Gasteiger partial charge in [-0.1, -0.05) is 0 Å². The van der Waals surface area contributed by atoms with Crippen molar-refractivity contribution in [2.24, 2.45) is 0 Å². The maximum absolute atomic E-state index is 5.94. The molecule has 21 heavy (non-hydrogen) atoms. The van der Waals surface area contributed by atoms with Crippen LogP contribution in [0.4, 0.5) is 5.95 Å². The zero-order chi connectivity index (χ0) is 14.2.